The second-order valence-electron chi connectivity index (χ2n) is 7.29. The van der Waals surface area contributed by atoms with E-state index >= 15 is 0 Å². The Morgan fingerprint density at radius 2 is 2.00 bits per heavy atom. The minimum atomic E-state index is -0.826. The highest BCUT2D eigenvalue weighted by atomic mass is 32.1. The van der Waals surface area contributed by atoms with E-state index in [9.17, 15) is 19.5 Å². The van der Waals surface area contributed by atoms with E-state index in [0.29, 0.717) is 31.6 Å². The Morgan fingerprint density at radius 3 is 2.67 bits per heavy atom. The maximum atomic E-state index is 12.9. The first-order valence-corrected chi connectivity index (χ1v) is 10.6. The number of unbranched alkanes of at least 4 members (excludes halogenated alkanes) is 1. The third kappa shape index (κ3) is 7.10. The van der Waals surface area contributed by atoms with Crippen molar-refractivity contribution in [3.05, 3.63) is 23.8 Å². The molecule has 0 spiro atoms. The monoisotopic (exact) mass is 438 g/mol. The predicted molar refractivity (Wildman–Crippen MR) is 116 cm³/mol. The van der Waals surface area contributed by atoms with Crippen molar-refractivity contribution < 1.29 is 24.2 Å². The lowest BCUT2D eigenvalue weighted by atomic mass is 10.0. The lowest BCUT2D eigenvalue weighted by molar-refractivity contribution is -0.131. The Morgan fingerprint density at radius 1 is 1.23 bits per heavy atom. The summed E-state index contributed by atoms with van der Waals surface area (Å²) < 4.78 is 5.64. The number of carbonyl (C=O) groups is 3. The fraction of sp³-hybridized carbons (Fsp3) is 0.550. The maximum Gasteiger partial charge on any atom is 0.244 e. The molecule has 1 aliphatic heterocycles. The van der Waals surface area contributed by atoms with Crippen molar-refractivity contribution in [1.82, 2.24) is 16.0 Å². The highest BCUT2D eigenvalue weighted by Gasteiger charge is 2.28. The molecule has 3 amide bonds. The number of aromatic hydroxyl groups is 1. The smallest absolute Gasteiger partial charge is 0.244 e. The minimum Gasteiger partial charge on any atom is -0.508 e. The van der Waals surface area contributed by atoms with Crippen LogP contribution in [0.25, 0.3) is 0 Å². The molecule has 166 valence electrons. The van der Waals surface area contributed by atoms with Crippen molar-refractivity contribution in [2.45, 2.75) is 50.7 Å². The number of phenols is 1. The van der Waals surface area contributed by atoms with Gasteiger partial charge >= 0.3 is 0 Å². The fourth-order valence-corrected chi connectivity index (χ4v) is 3.49. The molecule has 1 aliphatic rings. The number of hydrogen-bond acceptors (Lipinski definition) is 7. The molecule has 0 saturated carbocycles. The highest BCUT2D eigenvalue weighted by molar-refractivity contribution is 7.80. The van der Waals surface area contributed by atoms with Crippen molar-refractivity contribution in [2.75, 3.05) is 18.9 Å². The van der Waals surface area contributed by atoms with E-state index in [2.05, 4.69) is 28.6 Å². The second kappa shape index (κ2) is 11.7. The molecule has 10 heteroatoms. The van der Waals surface area contributed by atoms with Crippen molar-refractivity contribution in [3.63, 3.8) is 0 Å². The Labute approximate surface area is 181 Å². The van der Waals surface area contributed by atoms with Crippen LogP contribution in [0.1, 0.15) is 31.7 Å². The molecule has 3 atom stereocenters. The van der Waals surface area contributed by atoms with Gasteiger partial charge < -0.3 is 31.5 Å². The van der Waals surface area contributed by atoms with Gasteiger partial charge in [0.25, 0.3) is 0 Å². The number of hydrogen-bond donors (Lipinski definition) is 6. The number of thiol groups is 1. The number of benzene rings is 1. The average molecular weight is 439 g/mol. The zero-order valence-electron chi connectivity index (χ0n) is 17.0. The van der Waals surface area contributed by atoms with Crippen molar-refractivity contribution in [2.24, 2.45) is 5.73 Å². The number of amides is 3. The highest BCUT2D eigenvalue weighted by Crippen LogP contribution is 2.28. The molecule has 0 aromatic heterocycles. The number of nitrogens with two attached hydrogens (primary N) is 1. The summed E-state index contributed by atoms with van der Waals surface area (Å²) in [5, 5.41) is 17.7. The lowest BCUT2D eigenvalue weighted by Gasteiger charge is -2.28. The number of fused-ring (bicyclic) bond motifs is 1. The molecule has 1 aromatic carbocycles. The first-order valence-electron chi connectivity index (χ1n) is 9.97. The molecular formula is C20H30N4O5S. The van der Waals surface area contributed by atoms with Crippen LogP contribution in [0.3, 0.4) is 0 Å². The molecule has 1 aromatic rings. The van der Waals surface area contributed by atoms with Crippen molar-refractivity contribution in [1.29, 1.82) is 0 Å². The van der Waals surface area contributed by atoms with E-state index in [4.69, 9.17) is 10.5 Å². The van der Waals surface area contributed by atoms with Gasteiger partial charge in [0.15, 0.2) is 0 Å². The van der Waals surface area contributed by atoms with Gasteiger partial charge in [-0.25, -0.2) is 0 Å². The normalized spacial score (nSPS) is 17.1. The van der Waals surface area contributed by atoms with E-state index in [1.165, 1.54) is 6.92 Å². The van der Waals surface area contributed by atoms with Crippen LogP contribution in [0.15, 0.2) is 18.2 Å². The predicted octanol–water partition coefficient (Wildman–Crippen LogP) is -0.140. The van der Waals surface area contributed by atoms with Crippen LogP contribution in [0.2, 0.25) is 0 Å². The summed E-state index contributed by atoms with van der Waals surface area (Å²) in [5.74, 6) is -0.303. The van der Waals surface area contributed by atoms with Gasteiger partial charge in [-0.3, -0.25) is 14.4 Å². The molecule has 6 N–H and O–H groups in total. The van der Waals surface area contributed by atoms with Gasteiger partial charge in [0, 0.05) is 18.7 Å². The Balaban J connectivity index is 2.01. The SMILES string of the molecule is CC(=O)N[C@H](CS)C(=O)N[C@@H](CCCCN)C(=O)N[C@H]1COc2cc(O)ccc2C1. The molecular weight excluding hydrogens is 408 g/mol. The molecule has 0 unspecified atom stereocenters. The van der Waals surface area contributed by atoms with Gasteiger partial charge in [0.05, 0.1) is 6.04 Å². The van der Waals surface area contributed by atoms with Gasteiger partial charge in [-0.2, -0.15) is 12.6 Å². The van der Waals surface area contributed by atoms with Crippen LogP contribution in [0.4, 0.5) is 0 Å². The summed E-state index contributed by atoms with van der Waals surface area (Å²) in [6, 6.07) is 3.02. The summed E-state index contributed by atoms with van der Waals surface area (Å²) in [6.07, 6.45) is 2.37. The van der Waals surface area contributed by atoms with Crippen molar-refractivity contribution in [3.8, 4) is 11.5 Å². The van der Waals surface area contributed by atoms with Crippen LogP contribution in [-0.4, -0.2) is 59.9 Å². The van der Waals surface area contributed by atoms with E-state index in [-0.39, 0.29) is 36.0 Å². The fourth-order valence-electron chi connectivity index (χ4n) is 3.23. The number of ether oxygens (including phenoxy) is 1. The Bertz CT molecular complexity index is 761. The topological polar surface area (TPSA) is 143 Å². The molecule has 0 bridgehead atoms. The van der Waals surface area contributed by atoms with Crippen LogP contribution >= 0.6 is 12.6 Å². The van der Waals surface area contributed by atoms with Crippen LogP contribution in [0, 0.1) is 0 Å². The largest absolute Gasteiger partial charge is 0.508 e. The summed E-state index contributed by atoms with van der Waals surface area (Å²) in [5.41, 5.74) is 6.43. The van der Waals surface area contributed by atoms with Crippen molar-refractivity contribution >= 4 is 30.4 Å². The number of phenolic OH excluding ortho intramolecular Hbond substituents is 1. The zero-order valence-corrected chi connectivity index (χ0v) is 17.9. The van der Waals surface area contributed by atoms with E-state index in [1.54, 1.807) is 18.2 Å². The summed E-state index contributed by atoms with van der Waals surface area (Å²) in [6.45, 7) is 2.07. The van der Waals surface area contributed by atoms with Gasteiger partial charge in [0.1, 0.15) is 30.2 Å². The quantitative estimate of drug-likeness (QED) is 0.222. The first-order chi connectivity index (χ1) is 14.3. The summed E-state index contributed by atoms with van der Waals surface area (Å²) >= 11 is 4.10. The summed E-state index contributed by atoms with van der Waals surface area (Å²) in [4.78, 5) is 36.7. The van der Waals surface area contributed by atoms with Gasteiger partial charge in [-0.05, 0) is 43.9 Å². The zero-order chi connectivity index (χ0) is 22.1. The number of carbonyl (C=O) groups excluding carboxylic acids is 3. The molecule has 0 saturated heterocycles. The third-order valence-corrected chi connectivity index (χ3v) is 5.13. The van der Waals surface area contributed by atoms with Crippen LogP contribution in [0.5, 0.6) is 11.5 Å². The molecule has 0 aliphatic carbocycles. The average Bonchev–Trinajstić information content (AvgIpc) is 2.71. The number of rotatable bonds is 10. The maximum absolute atomic E-state index is 12.9. The van der Waals surface area contributed by atoms with Crippen LogP contribution in [-0.2, 0) is 20.8 Å². The van der Waals surface area contributed by atoms with E-state index in [0.717, 1.165) is 12.0 Å². The Kier molecular flexibility index (Phi) is 9.25. The number of nitrogens with one attached hydrogen (secondary N) is 3. The van der Waals surface area contributed by atoms with E-state index in [1.807, 2.05) is 0 Å². The summed E-state index contributed by atoms with van der Waals surface area (Å²) in [7, 11) is 0. The molecule has 0 radical (unpaired) electrons. The standard InChI is InChI=1S/C20H30N4O5S/c1-12(25)22-17(11-30)20(28)24-16(4-2-3-7-21)19(27)23-14-8-13-5-6-15(26)9-18(13)29-10-14/h5-6,9,14,16-17,26,30H,2-4,7-8,10-11,21H2,1H3,(H,22,25)(H,23,27)(H,24,28)/t14-,16+,17-/m1/s1. The Hall–Kier alpha value is -2.46. The molecule has 2 rings (SSSR count). The van der Waals surface area contributed by atoms with E-state index < -0.39 is 18.0 Å². The second-order valence-corrected chi connectivity index (χ2v) is 7.66. The molecule has 9 nitrogen and oxygen atoms in total. The van der Waals surface area contributed by atoms with Crippen LogP contribution < -0.4 is 26.4 Å². The molecule has 0 fully saturated rings. The van der Waals surface area contributed by atoms with Gasteiger partial charge in [-0.15, -0.1) is 0 Å². The third-order valence-electron chi connectivity index (χ3n) is 4.76. The van der Waals surface area contributed by atoms with Gasteiger partial charge in [-0.1, -0.05) is 6.07 Å². The minimum absolute atomic E-state index is 0.114. The lowest BCUT2D eigenvalue weighted by Crippen LogP contribution is -2.56. The van der Waals surface area contributed by atoms with Gasteiger partial charge in [0.2, 0.25) is 17.7 Å². The molecule has 1 heterocycles. The first kappa shape index (κ1) is 23.8. The molecule has 30 heavy (non-hydrogen) atoms.